The third kappa shape index (κ3) is 6.12. The van der Waals surface area contributed by atoms with Crippen LogP contribution in [0.4, 0.5) is 5.69 Å². The largest absolute Gasteiger partial charge is 0.505 e. The summed E-state index contributed by atoms with van der Waals surface area (Å²) < 4.78 is 33.8. The molecule has 0 aliphatic heterocycles. The van der Waals surface area contributed by atoms with E-state index in [0.29, 0.717) is 31.0 Å². The van der Waals surface area contributed by atoms with Gasteiger partial charge in [-0.05, 0) is 36.6 Å². The van der Waals surface area contributed by atoms with Crippen molar-refractivity contribution in [3.8, 4) is 11.5 Å². The zero-order valence-electron chi connectivity index (χ0n) is 19.4. The topological polar surface area (TPSA) is 95.9 Å². The zero-order chi connectivity index (χ0) is 24.9. The van der Waals surface area contributed by atoms with Gasteiger partial charge >= 0.3 is 0 Å². The summed E-state index contributed by atoms with van der Waals surface area (Å²) in [5.41, 5.74) is 0.992. The summed E-state index contributed by atoms with van der Waals surface area (Å²) in [6, 6.07) is 5.58. The van der Waals surface area contributed by atoms with E-state index in [1.807, 2.05) is 20.8 Å². The van der Waals surface area contributed by atoms with Crippen LogP contribution in [0.25, 0.3) is 0 Å². The third-order valence-electron chi connectivity index (χ3n) is 5.03. The van der Waals surface area contributed by atoms with Gasteiger partial charge < -0.3 is 15.2 Å². The first-order chi connectivity index (χ1) is 15.5. The summed E-state index contributed by atoms with van der Waals surface area (Å²) in [7, 11) is -3.79. The highest BCUT2D eigenvalue weighted by Crippen LogP contribution is 2.39. The van der Waals surface area contributed by atoms with E-state index in [0.717, 1.165) is 6.42 Å². The highest BCUT2D eigenvalue weighted by Gasteiger charge is 2.27. The molecule has 7 nitrogen and oxygen atoms in total. The Morgan fingerprint density at radius 1 is 1.09 bits per heavy atom. The number of halogens is 2. The Morgan fingerprint density at radius 3 is 2.15 bits per heavy atom. The van der Waals surface area contributed by atoms with Crippen molar-refractivity contribution in [2.75, 3.05) is 25.0 Å². The van der Waals surface area contributed by atoms with E-state index in [1.165, 1.54) is 22.5 Å². The number of phenols is 1. The average Bonchev–Trinajstić information content (AvgIpc) is 2.76. The summed E-state index contributed by atoms with van der Waals surface area (Å²) >= 11 is 11.9. The van der Waals surface area contributed by atoms with Crippen molar-refractivity contribution in [1.29, 1.82) is 0 Å². The molecule has 0 saturated carbocycles. The van der Waals surface area contributed by atoms with Crippen LogP contribution in [-0.4, -0.2) is 43.4 Å². The predicted molar refractivity (Wildman–Crippen MR) is 133 cm³/mol. The maximum Gasteiger partial charge on any atom is 0.255 e. The number of amides is 1. The SMILES string of the molecule is CCCOc1c(NC(=O)c2cc(Cl)c(O)c(Cl)c2)cc(S(=O)(=O)N(CC)CC)cc1C(C)C. The first-order valence-electron chi connectivity index (χ1n) is 10.8. The van der Waals surface area contributed by atoms with E-state index in [9.17, 15) is 18.3 Å². The standard InChI is InChI=1S/C23H30Cl2N2O5S/c1-6-9-32-22-17(14(4)5)12-16(33(30,31)27(7-2)8-3)13-20(22)26-23(29)15-10-18(24)21(28)19(25)11-15/h10-14,28H,6-9H2,1-5H3,(H,26,29). The molecular formula is C23H30Cl2N2O5S. The maximum atomic E-state index is 13.2. The van der Waals surface area contributed by atoms with Crippen LogP contribution in [0.3, 0.4) is 0 Å². The molecule has 1 amide bonds. The Bertz CT molecular complexity index is 1090. The van der Waals surface area contributed by atoms with E-state index in [2.05, 4.69) is 5.32 Å². The highest BCUT2D eigenvalue weighted by molar-refractivity contribution is 7.89. The number of ether oxygens (including phenoxy) is 1. The lowest BCUT2D eigenvalue weighted by atomic mass is 10.0. The van der Waals surface area contributed by atoms with Crippen LogP contribution < -0.4 is 10.1 Å². The Morgan fingerprint density at radius 2 is 1.67 bits per heavy atom. The van der Waals surface area contributed by atoms with Gasteiger partial charge in [-0.3, -0.25) is 4.79 Å². The number of anilines is 1. The summed E-state index contributed by atoms with van der Waals surface area (Å²) in [5, 5.41) is 12.4. The van der Waals surface area contributed by atoms with Crippen LogP contribution in [0.1, 0.15) is 62.9 Å². The van der Waals surface area contributed by atoms with Crippen molar-refractivity contribution in [3.63, 3.8) is 0 Å². The first-order valence-corrected chi connectivity index (χ1v) is 13.0. The van der Waals surface area contributed by atoms with Gasteiger partial charge in [-0.2, -0.15) is 4.31 Å². The van der Waals surface area contributed by atoms with Gasteiger partial charge in [0.2, 0.25) is 10.0 Å². The second-order valence-corrected chi connectivity index (χ2v) is 10.5. The lowest BCUT2D eigenvalue weighted by Crippen LogP contribution is -2.31. The number of carbonyl (C=O) groups is 1. The highest BCUT2D eigenvalue weighted by atomic mass is 35.5. The molecule has 2 aromatic carbocycles. The molecule has 0 unspecified atom stereocenters. The minimum atomic E-state index is -3.79. The molecule has 2 rings (SSSR count). The van der Waals surface area contributed by atoms with E-state index < -0.39 is 15.9 Å². The molecule has 0 aromatic heterocycles. The minimum Gasteiger partial charge on any atom is -0.505 e. The molecule has 0 atom stereocenters. The molecule has 0 aliphatic rings. The molecule has 2 aromatic rings. The zero-order valence-corrected chi connectivity index (χ0v) is 21.7. The molecular weight excluding hydrogens is 487 g/mol. The molecule has 0 aliphatic carbocycles. The van der Waals surface area contributed by atoms with Gasteiger partial charge in [0.25, 0.3) is 5.91 Å². The van der Waals surface area contributed by atoms with E-state index in [4.69, 9.17) is 27.9 Å². The molecule has 0 spiro atoms. The van der Waals surface area contributed by atoms with E-state index in [1.54, 1.807) is 19.9 Å². The van der Waals surface area contributed by atoms with Gasteiger partial charge in [-0.15, -0.1) is 0 Å². The van der Waals surface area contributed by atoms with Crippen LogP contribution in [0.5, 0.6) is 11.5 Å². The maximum absolute atomic E-state index is 13.2. The van der Waals surface area contributed by atoms with Crippen molar-refractivity contribution in [2.45, 2.75) is 51.9 Å². The summed E-state index contributed by atoms with van der Waals surface area (Å²) in [6.07, 6.45) is 0.730. The van der Waals surface area contributed by atoms with Crippen molar-refractivity contribution in [2.24, 2.45) is 0 Å². The fourth-order valence-electron chi connectivity index (χ4n) is 3.26. The number of nitrogens with zero attached hydrogens (tertiary/aromatic N) is 1. The van der Waals surface area contributed by atoms with Crippen LogP contribution in [0, 0.1) is 0 Å². The van der Waals surface area contributed by atoms with Crippen LogP contribution in [0.15, 0.2) is 29.2 Å². The van der Waals surface area contributed by atoms with Gasteiger partial charge in [0.05, 0.1) is 27.2 Å². The van der Waals surface area contributed by atoms with E-state index >= 15 is 0 Å². The smallest absolute Gasteiger partial charge is 0.255 e. The fourth-order valence-corrected chi connectivity index (χ4v) is 5.27. The summed E-state index contributed by atoms with van der Waals surface area (Å²) in [6.45, 7) is 10.4. The van der Waals surface area contributed by atoms with Crippen molar-refractivity contribution in [1.82, 2.24) is 4.31 Å². The number of sulfonamides is 1. The van der Waals surface area contributed by atoms with Gasteiger partial charge in [0.15, 0.2) is 5.75 Å². The van der Waals surface area contributed by atoms with Crippen molar-refractivity contribution in [3.05, 3.63) is 45.4 Å². The average molecular weight is 517 g/mol. The molecule has 2 N–H and O–H groups in total. The summed E-state index contributed by atoms with van der Waals surface area (Å²) in [4.78, 5) is 13.1. The second-order valence-electron chi connectivity index (χ2n) is 7.72. The Kier molecular flexibility index (Phi) is 9.43. The normalized spacial score (nSPS) is 11.8. The van der Waals surface area contributed by atoms with Gasteiger partial charge in [0, 0.05) is 24.2 Å². The first kappa shape index (κ1) is 27.2. The number of hydrogen-bond acceptors (Lipinski definition) is 5. The van der Waals surface area contributed by atoms with Gasteiger partial charge in [-0.1, -0.05) is 57.8 Å². The second kappa shape index (κ2) is 11.4. The van der Waals surface area contributed by atoms with Gasteiger partial charge in [0.1, 0.15) is 5.75 Å². The molecule has 182 valence electrons. The van der Waals surface area contributed by atoms with Crippen molar-refractivity contribution < 1.29 is 23.1 Å². The Balaban J connectivity index is 2.67. The number of nitrogens with one attached hydrogen (secondary N) is 1. The molecule has 0 fully saturated rings. The molecule has 0 saturated heterocycles. The van der Waals surface area contributed by atoms with Crippen LogP contribution in [-0.2, 0) is 10.0 Å². The molecule has 0 bridgehead atoms. The quantitative estimate of drug-likeness (QED) is 0.410. The third-order valence-corrected chi connectivity index (χ3v) is 7.64. The molecule has 0 radical (unpaired) electrons. The van der Waals surface area contributed by atoms with Crippen molar-refractivity contribution >= 4 is 44.8 Å². The van der Waals surface area contributed by atoms with Gasteiger partial charge in [-0.25, -0.2) is 8.42 Å². The molecule has 33 heavy (non-hydrogen) atoms. The number of rotatable bonds is 10. The Hall–Kier alpha value is -2.00. The minimum absolute atomic E-state index is 0.0656. The molecule has 0 heterocycles. The van der Waals surface area contributed by atoms with Crippen LogP contribution >= 0.6 is 23.2 Å². The summed E-state index contributed by atoms with van der Waals surface area (Å²) in [5.74, 6) is -0.560. The van der Waals surface area contributed by atoms with Crippen LogP contribution in [0.2, 0.25) is 10.0 Å². The lowest BCUT2D eigenvalue weighted by molar-refractivity contribution is 0.102. The number of phenolic OH excluding ortho intramolecular Hbond substituents is 1. The number of carbonyl (C=O) groups excluding carboxylic acids is 1. The number of aromatic hydroxyl groups is 1. The Labute approximate surface area is 205 Å². The fraction of sp³-hybridized carbons (Fsp3) is 0.435. The number of benzene rings is 2. The molecule has 10 heteroatoms. The lowest BCUT2D eigenvalue weighted by Gasteiger charge is -2.23. The predicted octanol–water partition coefficient (Wildman–Crippen LogP) is 5.89. The van der Waals surface area contributed by atoms with E-state index in [-0.39, 0.29) is 37.9 Å². The monoisotopic (exact) mass is 516 g/mol. The number of hydrogen-bond donors (Lipinski definition) is 2.